The van der Waals surface area contributed by atoms with Crippen LogP contribution in [0.3, 0.4) is 0 Å². The van der Waals surface area contributed by atoms with E-state index in [4.69, 9.17) is 0 Å². The third-order valence-electron chi connectivity index (χ3n) is 3.26. The Morgan fingerprint density at radius 1 is 0.833 bits per heavy atom. The lowest BCUT2D eigenvalue weighted by atomic mass is 9.93. The maximum Gasteiger partial charge on any atom is 0.126 e. The summed E-state index contributed by atoms with van der Waals surface area (Å²) >= 11 is 0. The number of aryl methyl sites for hydroxylation is 2. The minimum atomic E-state index is 0.0381. The SMILES string of the molecule is Cc1cc(C)c(O)c(-c2cc(O)ccc2O)c1C. The second-order valence-electron chi connectivity index (χ2n) is 4.56. The van der Waals surface area contributed by atoms with E-state index in [0.29, 0.717) is 11.1 Å². The first-order valence-corrected chi connectivity index (χ1v) is 5.74. The summed E-state index contributed by atoms with van der Waals surface area (Å²) in [5.74, 6) is 0.232. The van der Waals surface area contributed by atoms with Crippen molar-refractivity contribution in [1.82, 2.24) is 0 Å². The molecule has 0 aromatic heterocycles. The molecule has 0 unspecified atom stereocenters. The van der Waals surface area contributed by atoms with Crippen molar-refractivity contribution in [2.75, 3.05) is 0 Å². The van der Waals surface area contributed by atoms with Gasteiger partial charge in [0.25, 0.3) is 0 Å². The standard InChI is InChI=1S/C15H16O3/c1-8-6-9(2)15(18)14(10(8)3)12-7-11(16)4-5-13(12)17/h4-7,16-18H,1-3H3. The van der Waals surface area contributed by atoms with Crippen molar-refractivity contribution in [3.05, 3.63) is 41.0 Å². The number of rotatable bonds is 1. The van der Waals surface area contributed by atoms with Crippen LogP contribution in [-0.2, 0) is 0 Å². The van der Waals surface area contributed by atoms with Gasteiger partial charge in [0, 0.05) is 11.1 Å². The molecule has 0 aliphatic heterocycles. The van der Waals surface area contributed by atoms with Gasteiger partial charge in [0.1, 0.15) is 17.2 Å². The molecule has 0 saturated heterocycles. The third-order valence-corrected chi connectivity index (χ3v) is 3.26. The van der Waals surface area contributed by atoms with Gasteiger partial charge in [0.05, 0.1) is 0 Å². The van der Waals surface area contributed by atoms with Gasteiger partial charge in [-0.2, -0.15) is 0 Å². The monoisotopic (exact) mass is 244 g/mol. The Balaban J connectivity index is 2.82. The summed E-state index contributed by atoms with van der Waals surface area (Å²) in [5, 5.41) is 29.6. The van der Waals surface area contributed by atoms with Crippen LogP contribution < -0.4 is 0 Å². The molecule has 0 radical (unpaired) electrons. The lowest BCUT2D eigenvalue weighted by Crippen LogP contribution is -1.92. The van der Waals surface area contributed by atoms with Crippen LogP contribution in [0.1, 0.15) is 16.7 Å². The molecule has 18 heavy (non-hydrogen) atoms. The Kier molecular flexibility index (Phi) is 2.91. The predicted molar refractivity (Wildman–Crippen MR) is 71.1 cm³/mol. The van der Waals surface area contributed by atoms with Crippen LogP contribution in [0.15, 0.2) is 24.3 Å². The number of aromatic hydroxyl groups is 3. The first kappa shape index (κ1) is 12.3. The minimum Gasteiger partial charge on any atom is -0.508 e. The largest absolute Gasteiger partial charge is 0.508 e. The number of phenolic OH excluding ortho intramolecular Hbond substituents is 3. The van der Waals surface area contributed by atoms with E-state index in [-0.39, 0.29) is 17.2 Å². The molecule has 94 valence electrons. The summed E-state index contributed by atoms with van der Waals surface area (Å²) in [7, 11) is 0. The van der Waals surface area contributed by atoms with E-state index in [0.717, 1.165) is 16.7 Å². The van der Waals surface area contributed by atoms with E-state index < -0.39 is 0 Å². The molecule has 0 aliphatic carbocycles. The Morgan fingerprint density at radius 3 is 2.17 bits per heavy atom. The lowest BCUT2D eigenvalue weighted by Gasteiger charge is -2.15. The zero-order valence-electron chi connectivity index (χ0n) is 10.7. The van der Waals surface area contributed by atoms with E-state index in [2.05, 4.69) is 0 Å². The van der Waals surface area contributed by atoms with Crippen LogP contribution in [0.25, 0.3) is 11.1 Å². The van der Waals surface area contributed by atoms with E-state index in [1.54, 1.807) is 0 Å². The summed E-state index contributed by atoms with van der Waals surface area (Å²) in [4.78, 5) is 0. The molecule has 0 aliphatic rings. The summed E-state index contributed by atoms with van der Waals surface area (Å²) in [5.41, 5.74) is 3.68. The van der Waals surface area contributed by atoms with Gasteiger partial charge in [-0.3, -0.25) is 0 Å². The zero-order valence-corrected chi connectivity index (χ0v) is 10.7. The molecular formula is C15H16O3. The molecule has 0 heterocycles. The molecule has 0 amide bonds. The Labute approximate surface area is 106 Å². The van der Waals surface area contributed by atoms with E-state index in [9.17, 15) is 15.3 Å². The Hall–Kier alpha value is -2.16. The number of benzene rings is 2. The smallest absolute Gasteiger partial charge is 0.126 e. The van der Waals surface area contributed by atoms with Crippen LogP contribution in [0.4, 0.5) is 0 Å². The molecule has 0 spiro atoms. The molecule has 0 fully saturated rings. The molecule has 0 saturated carbocycles. The highest BCUT2D eigenvalue weighted by molar-refractivity contribution is 5.81. The fraction of sp³-hybridized carbons (Fsp3) is 0.200. The van der Waals surface area contributed by atoms with Crippen molar-refractivity contribution in [3.8, 4) is 28.4 Å². The molecule has 2 aromatic carbocycles. The van der Waals surface area contributed by atoms with Gasteiger partial charge in [-0.1, -0.05) is 6.07 Å². The quantitative estimate of drug-likeness (QED) is 0.674. The molecule has 2 rings (SSSR count). The number of hydrogen-bond acceptors (Lipinski definition) is 3. The second kappa shape index (κ2) is 4.26. The van der Waals surface area contributed by atoms with Crippen molar-refractivity contribution in [2.45, 2.75) is 20.8 Å². The molecule has 3 nitrogen and oxygen atoms in total. The van der Waals surface area contributed by atoms with E-state index in [1.807, 2.05) is 26.8 Å². The average Bonchev–Trinajstić information content (AvgIpc) is 2.31. The van der Waals surface area contributed by atoms with Gasteiger partial charge < -0.3 is 15.3 Å². The first-order chi connectivity index (χ1) is 8.41. The van der Waals surface area contributed by atoms with E-state index >= 15 is 0 Å². The topological polar surface area (TPSA) is 60.7 Å². The fourth-order valence-electron chi connectivity index (χ4n) is 2.13. The van der Waals surface area contributed by atoms with Gasteiger partial charge in [0.2, 0.25) is 0 Å². The summed E-state index contributed by atoms with van der Waals surface area (Å²) in [6, 6.07) is 6.18. The van der Waals surface area contributed by atoms with Crippen LogP contribution >= 0.6 is 0 Å². The molecular weight excluding hydrogens is 228 g/mol. The number of hydrogen-bond donors (Lipinski definition) is 3. The van der Waals surface area contributed by atoms with Crippen molar-refractivity contribution in [1.29, 1.82) is 0 Å². The highest BCUT2D eigenvalue weighted by atomic mass is 16.3. The molecule has 0 atom stereocenters. The maximum atomic E-state index is 10.2. The zero-order chi connectivity index (χ0) is 13.4. The van der Waals surface area contributed by atoms with Crippen molar-refractivity contribution in [2.24, 2.45) is 0 Å². The summed E-state index contributed by atoms with van der Waals surface area (Å²) in [6.45, 7) is 5.64. The lowest BCUT2D eigenvalue weighted by molar-refractivity contribution is 0.458. The van der Waals surface area contributed by atoms with Crippen molar-refractivity contribution in [3.63, 3.8) is 0 Å². The highest BCUT2D eigenvalue weighted by Crippen LogP contribution is 2.42. The second-order valence-corrected chi connectivity index (χ2v) is 4.56. The van der Waals surface area contributed by atoms with Crippen molar-refractivity contribution < 1.29 is 15.3 Å². The molecule has 3 N–H and O–H groups in total. The first-order valence-electron chi connectivity index (χ1n) is 5.74. The van der Waals surface area contributed by atoms with E-state index in [1.165, 1.54) is 18.2 Å². The third kappa shape index (κ3) is 1.88. The minimum absolute atomic E-state index is 0.0381. The highest BCUT2D eigenvalue weighted by Gasteiger charge is 2.16. The average molecular weight is 244 g/mol. The van der Waals surface area contributed by atoms with Crippen LogP contribution in [0.2, 0.25) is 0 Å². The van der Waals surface area contributed by atoms with Crippen molar-refractivity contribution >= 4 is 0 Å². The van der Waals surface area contributed by atoms with Gasteiger partial charge in [-0.05, 0) is 55.7 Å². The molecule has 0 bridgehead atoms. The van der Waals surface area contributed by atoms with Crippen LogP contribution in [0.5, 0.6) is 17.2 Å². The summed E-state index contributed by atoms with van der Waals surface area (Å²) < 4.78 is 0. The van der Waals surface area contributed by atoms with Gasteiger partial charge in [-0.25, -0.2) is 0 Å². The van der Waals surface area contributed by atoms with Crippen LogP contribution in [0, 0.1) is 20.8 Å². The molecule has 3 heteroatoms. The van der Waals surface area contributed by atoms with Gasteiger partial charge in [-0.15, -0.1) is 0 Å². The maximum absolute atomic E-state index is 10.2. The molecule has 2 aromatic rings. The Bertz CT molecular complexity index is 589. The Morgan fingerprint density at radius 2 is 1.50 bits per heavy atom. The predicted octanol–water partition coefficient (Wildman–Crippen LogP) is 3.40. The number of phenols is 3. The van der Waals surface area contributed by atoms with Crippen LogP contribution in [-0.4, -0.2) is 15.3 Å². The fourth-order valence-corrected chi connectivity index (χ4v) is 2.13. The van der Waals surface area contributed by atoms with Gasteiger partial charge in [0.15, 0.2) is 0 Å². The van der Waals surface area contributed by atoms with Gasteiger partial charge >= 0.3 is 0 Å². The summed E-state index contributed by atoms with van der Waals surface area (Å²) in [6.07, 6.45) is 0. The normalized spacial score (nSPS) is 10.6.